The van der Waals surface area contributed by atoms with Gasteiger partial charge in [0, 0.05) is 20.7 Å². The van der Waals surface area contributed by atoms with E-state index >= 15 is 0 Å². The van der Waals surface area contributed by atoms with Crippen molar-refractivity contribution in [2.75, 3.05) is 11.9 Å². The molecule has 0 radical (unpaired) electrons. The third-order valence-electron chi connectivity index (χ3n) is 3.40. The van der Waals surface area contributed by atoms with Gasteiger partial charge in [0.1, 0.15) is 24.0 Å². The van der Waals surface area contributed by atoms with Crippen LogP contribution in [-0.4, -0.2) is 12.5 Å². The van der Waals surface area contributed by atoms with Crippen LogP contribution in [0, 0.1) is 30.6 Å². The quantitative estimate of drug-likeness (QED) is 0.415. The van der Waals surface area contributed by atoms with Crippen molar-refractivity contribution in [1.29, 1.82) is 5.26 Å². The zero-order valence-electron chi connectivity index (χ0n) is 13.8. The number of carbonyl (C=O) groups is 1. The van der Waals surface area contributed by atoms with Crippen LogP contribution >= 0.6 is 27.5 Å². The standard InChI is InChI=1S/C20H14BrClN2O2/c1-3-8-26-19-7-5-16(21)10-14(19)9-15(12-23)20(25)24-18-11-17(22)6-4-13(18)2/h1,4-7,9-11H,8H2,2H3,(H,24,25)/b15-9+. The number of anilines is 1. The Hall–Kier alpha value is -2.73. The van der Waals surface area contributed by atoms with E-state index in [1.54, 1.807) is 36.4 Å². The van der Waals surface area contributed by atoms with Crippen molar-refractivity contribution in [3.63, 3.8) is 0 Å². The monoisotopic (exact) mass is 428 g/mol. The molecule has 1 N–H and O–H groups in total. The second-order valence-electron chi connectivity index (χ2n) is 5.26. The minimum Gasteiger partial charge on any atom is -0.480 e. The van der Waals surface area contributed by atoms with Crippen LogP contribution in [0.2, 0.25) is 5.02 Å². The Labute approximate surface area is 165 Å². The van der Waals surface area contributed by atoms with Gasteiger partial charge in [-0.2, -0.15) is 5.26 Å². The Balaban J connectivity index is 2.34. The summed E-state index contributed by atoms with van der Waals surface area (Å²) in [5, 5.41) is 12.6. The lowest BCUT2D eigenvalue weighted by Gasteiger charge is -2.10. The van der Waals surface area contributed by atoms with E-state index in [4.69, 9.17) is 22.8 Å². The zero-order chi connectivity index (χ0) is 19.1. The third-order valence-corrected chi connectivity index (χ3v) is 4.12. The number of terminal acetylenes is 1. The molecule has 0 aliphatic heterocycles. The van der Waals surface area contributed by atoms with Crippen LogP contribution in [0.4, 0.5) is 5.69 Å². The Morgan fingerprint density at radius 1 is 1.38 bits per heavy atom. The topological polar surface area (TPSA) is 62.1 Å². The normalized spacial score (nSPS) is 10.6. The molecule has 0 bridgehead atoms. The Bertz CT molecular complexity index is 955. The number of nitriles is 1. The first kappa shape index (κ1) is 19.6. The van der Waals surface area contributed by atoms with Gasteiger partial charge in [-0.1, -0.05) is 39.5 Å². The maximum atomic E-state index is 12.5. The van der Waals surface area contributed by atoms with Crippen LogP contribution < -0.4 is 10.1 Å². The van der Waals surface area contributed by atoms with Gasteiger partial charge in [0.05, 0.1) is 0 Å². The van der Waals surface area contributed by atoms with Crippen molar-refractivity contribution < 1.29 is 9.53 Å². The number of ether oxygens (including phenoxy) is 1. The molecule has 0 aliphatic carbocycles. The van der Waals surface area contributed by atoms with Gasteiger partial charge in [-0.25, -0.2) is 0 Å². The molecule has 0 atom stereocenters. The van der Waals surface area contributed by atoms with E-state index in [0.717, 1.165) is 10.0 Å². The summed E-state index contributed by atoms with van der Waals surface area (Å²) in [4.78, 5) is 12.5. The van der Waals surface area contributed by atoms with E-state index in [9.17, 15) is 10.1 Å². The summed E-state index contributed by atoms with van der Waals surface area (Å²) in [6.07, 6.45) is 6.67. The van der Waals surface area contributed by atoms with Crippen LogP contribution in [0.15, 0.2) is 46.4 Å². The SMILES string of the molecule is C#CCOc1ccc(Br)cc1/C=C(\C#N)C(=O)Nc1cc(Cl)ccc1C. The number of aryl methyl sites for hydroxylation is 1. The highest BCUT2D eigenvalue weighted by atomic mass is 79.9. The minimum absolute atomic E-state index is 0.0759. The van der Waals surface area contributed by atoms with Crippen molar-refractivity contribution in [2.45, 2.75) is 6.92 Å². The van der Waals surface area contributed by atoms with Crippen molar-refractivity contribution >= 4 is 45.2 Å². The third kappa shape index (κ3) is 5.13. The molecule has 0 heterocycles. The summed E-state index contributed by atoms with van der Waals surface area (Å²) in [5.74, 6) is 2.32. The van der Waals surface area contributed by atoms with Gasteiger partial charge < -0.3 is 10.1 Å². The number of amides is 1. The van der Waals surface area contributed by atoms with Gasteiger partial charge in [0.15, 0.2) is 0 Å². The van der Waals surface area contributed by atoms with E-state index < -0.39 is 5.91 Å². The molecule has 0 aromatic heterocycles. The largest absolute Gasteiger partial charge is 0.480 e. The number of nitrogens with zero attached hydrogens (tertiary/aromatic N) is 1. The lowest BCUT2D eigenvalue weighted by Crippen LogP contribution is -2.14. The highest BCUT2D eigenvalue weighted by molar-refractivity contribution is 9.10. The van der Waals surface area contributed by atoms with E-state index in [1.807, 2.05) is 13.0 Å². The van der Waals surface area contributed by atoms with Gasteiger partial charge in [-0.3, -0.25) is 4.79 Å². The maximum absolute atomic E-state index is 12.5. The molecule has 6 heteroatoms. The molecular weight excluding hydrogens is 416 g/mol. The predicted octanol–water partition coefficient (Wildman–Crippen LogP) is 4.97. The number of carbonyl (C=O) groups excluding carboxylic acids is 1. The fourth-order valence-corrected chi connectivity index (χ4v) is 2.66. The van der Waals surface area contributed by atoms with Crippen molar-refractivity contribution in [3.8, 4) is 24.2 Å². The summed E-state index contributed by atoms with van der Waals surface area (Å²) in [6.45, 7) is 1.92. The van der Waals surface area contributed by atoms with E-state index in [-0.39, 0.29) is 12.2 Å². The average Bonchev–Trinajstić information content (AvgIpc) is 2.61. The molecule has 2 rings (SSSR count). The zero-order valence-corrected chi connectivity index (χ0v) is 16.2. The molecule has 0 saturated heterocycles. The van der Waals surface area contributed by atoms with Gasteiger partial charge in [-0.15, -0.1) is 6.42 Å². The molecule has 2 aromatic carbocycles. The Morgan fingerprint density at radius 2 is 2.15 bits per heavy atom. The van der Waals surface area contributed by atoms with Crippen molar-refractivity contribution in [2.24, 2.45) is 0 Å². The van der Waals surface area contributed by atoms with Crippen LogP contribution in [0.3, 0.4) is 0 Å². The van der Waals surface area contributed by atoms with E-state index in [0.29, 0.717) is 22.0 Å². The highest BCUT2D eigenvalue weighted by Gasteiger charge is 2.13. The summed E-state index contributed by atoms with van der Waals surface area (Å²) in [7, 11) is 0. The Morgan fingerprint density at radius 3 is 2.85 bits per heavy atom. The Kier molecular flexibility index (Phi) is 6.86. The fourth-order valence-electron chi connectivity index (χ4n) is 2.11. The number of nitrogens with one attached hydrogen (secondary N) is 1. The second-order valence-corrected chi connectivity index (χ2v) is 6.61. The molecule has 26 heavy (non-hydrogen) atoms. The number of rotatable bonds is 5. The summed E-state index contributed by atoms with van der Waals surface area (Å²) in [5.41, 5.74) is 1.86. The number of halogens is 2. The number of hydrogen-bond acceptors (Lipinski definition) is 3. The van der Waals surface area contributed by atoms with Gasteiger partial charge in [-0.05, 0) is 48.9 Å². The first-order chi connectivity index (χ1) is 12.4. The summed E-state index contributed by atoms with van der Waals surface area (Å²) >= 11 is 9.32. The molecule has 1 amide bonds. The van der Waals surface area contributed by atoms with Crippen LogP contribution in [0.25, 0.3) is 6.08 Å². The van der Waals surface area contributed by atoms with Crippen molar-refractivity contribution in [1.82, 2.24) is 0 Å². The molecule has 0 unspecified atom stereocenters. The molecular formula is C20H14BrClN2O2. The summed E-state index contributed by atoms with van der Waals surface area (Å²) in [6, 6.07) is 12.3. The lowest BCUT2D eigenvalue weighted by molar-refractivity contribution is -0.112. The predicted molar refractivity (Wildman–Crippen MR) is 107 cm³/mol. The first-order valence-electron chi connectivity index (χ1n) is 7.49. The molecule has 0 aliphatic rings. The summed E-state index contributed by atoms with van der Waals surface area (Å²) < 4.78 is 6.24. The van der Waals surface area contributed by atoms with Gasteiger partial charge in [0.25, 0.3) is 5.91 Å². The second kappa shape index (κ2) is 9.10. The minimum atomic E-state index is -0.541. The fraction of sp³-hybridized carbons (Fsp3) is 0.100. The molecule has 130 valence electrons. The van der Waals surface area contributed by atoms with Gasteiger partial charge >= 0.3 is 0 Å². The molecule has 0 saturated carbocycles. The lowest BCUT2D eigenvalue weighted by atomic mass is 10.1. The molecule has 4 nitrogen and oxygen atoms in total. The van der Waals surface area contributed by atoms with E-state index in [1.165, 1.54) is 6.08 Å². The number of benzene rings is 2. The van der Waals surface area contributed by atoms with Gasteiger partial charge in [0.2, 0.25) is 0 Å². The molecule has 0 fully saturated rings. The van der Waals surface area contributed by atoms with Crippen LogP contribution in [0.5, 0.6) is 5.75 Å². The van der Waals surface area contributed by atoms with Crippen LogP contribution in [0.1, 0.15) is 11.1 Å². The van der Waals surface area contributed by atoms with E-state index in [2.05, 4.69) is 27.2 Å². The smallest absolute Gasteiger partial charge is 0.266 e. The average molecular weight is 430 g/mol. The number of hydrogen-bond donors (Lipinski definition) is 1. The maximum Gasteiger partial charge on any atom is 0.266 e. The van der Waals surface area contributed by atoms with Crippen molar-refractivity contribution in [3.05, 3.63) is 62.6 Å². The first-order valence-corrected chi connectivity index (χ1v) is 8.67. The molecule has 0 spiro atoms. The van der Waals surface area contributed by atoms with Crippen LogP contribution in [-0.2, 0) is 4.79 Å². The highest BCUT2D eigenvalue weighted by Crippen LogP contribution is 2.26. The molecule has 2 aromatic rings.